The predicted molar refractivity (Wildman–Crippen MR) is 69.4 cm³/mol. The molecule has 1 heterocycles. The van der Waals surface area contributed by atoms with Gasteiger partial charge in [0.2, 0.25) is 5.89 Å². The molecule has 0 saturated heterocycles. The first-order valence-electron chi connectivity index (χ1n) is 5.04. The van der Waals surface area contributed by atoms with Gasteiger partial charge in [0, 0.05) is 4.47 Å². The van der Waals surface area contributed by atoms with E-state index in [0.717, 1.165) is 6.42 Å². The maximum Gasteiger partial charge on any atom is 0.250 e. The molecule has 90 valence electrons. The topological polar surface area (TPSA) is 38.9 Å². The van der Waals surface area contributed by atoms with Gasteiger partial charge in [0.25, 0.3) is 5.89 Å². The van der Waals surface area contributed by atoms with Gasteiger partial charge in [-0.15, -0.1) is 10.2 Å². The van der Waals surface area contributed by atoms with Crippen LogP contribution in [0.15, 0.2) is 27.1 Å². The highest BCUT2D eigenvalue weighted by Gasteiger charge is 2.17. The monoisotopic (exact) mass is 362 g/mol. The first-order chi connectivity index (χ1) is 8.11. The molecule has 0 saturated carbocycles. The van der Waals surface area contributed by atoms with Crippen molar-refractivity contribution in [3.05, 3.63) is 34.4 Å². The number of aromatic nitrogens is 2. The van der Waals surface area contributed by atoms with E-state index in [-0.39, 0.29) is 10.7 Å². The van der Waals surface area contributed by atoms with Gasteiger partial charge in [-0.25, -0.2) is 4.39 Å². The zero-order valence-electron chi connectivity index (χ0n) is 8.95. The second-order valence-electron chi connectivity index (χ2n) is 3.45. The smallest absolute Gasteiger partial charge is 0.250 e. The van der Waals surface area contributed by atoms with Crippen molar-refractivity contribution in [2.75, 3.05) is 0 Å². The van der Waals surface area contributed by atoms with Crippen LogP contribution >= 0.6 is 31.9 Å². The molecule has 1 aromatic heterocycles. The van der Waals surface area contributed by atoms with E-state index < -0.39 is 5.82 Å². The van der Waals surface area contributed by atoms with Gasteiger partial charge in [-0.3, -0.25) is 0 Å². The van der Waals surface area contributed by atoms with Crippen molar-refractivity contribution in [1.82, 2.24) is 10.2 Å². The van der Waals surface area contributed by atoms with Crippen LogP contribution < -0.4 is 0 Å². The van der Waals surface area contributed by atoms with Crippen LogP contribution in [0.4, 0.5) is 4.39 Å². The van der Waals surface area contributed by atoms with E-state index in [1.807, 2.05) is 6.92 Å². The number of nitrogens with zero attached hydrogens (tertiary/aromatic N) is 2. The highest BCUT2D eigenvalue weighted by Crippen LogP contribution is 2.29. The van der Waals surface area contributed by atoms with Crippen molar-refractivity contribution in [2.45, 2.75) is 18.2 Å². The lowest BCUT2D eigenvalue weighted by molar-refractivity contribution is 0.496. The van der Waals surface area contributed by atoms with E-state index in [1.165, 1.54) is 6.07 Å². The Morgan fingerprint density at radius 1 is 1.41 bits per heavy atom. The number of rotatable bonds is 3. The van der Waals surface area contributed by atoms with Crippen LogP contribution in [0, 0.1) is 5.82 Å². The summed E-state index contributed by atoms with van der Waals surface area (Å²) < 4.78 is 19.7. The third kappa shape index (κ3) is 2.74. The van der Waals surface area contributed by atoms with E-state index in [4.69, 9.17) is 4.42 Å². The van der Waals surface area contributed by atoms with Crippen LogP contribution in [0.5, 0.6) is 0 Å². The van der Waals surface area contributed by atoms with Crippen molar-refractivity contribution >= 4 is 31.9 Å². The van der Waals surface area contributed by atoms with Gasteiger partial charge in [-0.2, -0.15) is 0 Å². The van der Waals surface area contributed by atoms with Crippen molar-refractivity contribution < 1.29 is 8.81 Å². The third-order valence-electron chi connectivity index (χ3n) is 2.23. The van der Waals surface area contributed by atoms with Crippen molar-refractivity contribution in [2.24, 2.45) is 0 Å². The fourth-order valence-electron chi connectivity index (χ4n) is 1.31. The van der Waals surface area contributed by atoms with Gasteiger partial charge in [0.05, 0.1) is 10.4 Å². The summed E-state index contributed by atoms with van der Waals surface area (Å²) in [6.45, 7) is 1.99. The minimum absolute atomic E-state index is 0.00209. The molecule has 0 spiro atoms. The molecule has 0 fully saturated rings. The molecular weight excluding hydrogens is 355 g/mol. The van der Waals surface area contributed by atoms with Crippen LogP contribution in [-0.2, 0) is 0 Å². The molecule has 6 heteroatoms. The van der Waals surface area contributed by atoms with Gasteiger partial charge >= 0.3 is 0 Å². The molecule has 3 nitrogen and oxygen atoms in total. The van der Waals surface area contributed by atoms with Crippen LogP contribution in [0.1, 0.15) is 24.1 Å². The first-order valence-corrected chi connectivity index (χ1v) is 6.75. The Balaban J connectivity index is 2.37. The normalized spacial score (nSPS) is 12.7. The van der Waals surface area contributed by atoms with Gasteiger partial charge in [0.1, 0.15) is 5.82 Å². The molecule has 0 amide bonds. The Kier molecular flexibility index (Phi) is 3.93. The average molecular weight is 364 g/mol. The maximum atomic E-state index is 13.7. The number of hydrogen-bond donors (Lipinski definition) is 0. The molecule has 0 aliphatic carbocycles. The largest absolute Gasteiger partial charge is 0.419 e. The van der Waals surface area contributed by atoms with Gasteiger partial charge in [0.15, 0.2) is 0 Å². The Hall–Kier alpha value is -0.750. The SMILES string of the molecule is CCC(Br)c1nnc(-c2ccc(Br)cc2F)o1. The summed E-state index contributed by atoms with van der Waals surface area (Å²) in [5.41, 5.74) is 0.308. The van der Waals surface area contributed by atoms with Crippen LogP contribution in [-0.4, -0.2) is 10.2 Å². The second kappa shape index (κ2) is 5.27. The Morgan fingerprint density at radius 3 is 2.82 bits per heavy atom. The highest BCUT2D eigenvalue weighted by atomic mass is 79.9. The molecule has 0 bridgehead atoms. The van der Waals surface area contributed by atoms with Gasteiger partial charge < -0.3 is 4.42 Å². The number of hydrogen-bond acceptors (Lipinski definition) is 3. The summed E-state index contributed by atoms with van der Waals surface area (Å²) in [5, 5.41) is 7.73. The van der Waals surface area contributed by atoms with Crippen LogP contribution in [0.2, 0.25) is 0 Å². The molecule has 1 aromatic carbocycles. The summed E-state index contributed by atoms with van der Waals surface area (Å²) in [6, 6.07) is 4.70. The summed E-state index contributed by atoms with van der Waals surface area (Å²) in [5.74, 6) is 0.268. The lowest BCUT2D eigenvalue weighted by Crippen LogP contribution is -1.86. The fourth-order valence-corrected chi connectivity index (χ4v) is 1.83. The lowest BCUT2D eigenvalue weighted by Gasteiger charge is -1.99. The van der Waals surface area contributed by atoms with E-state index >= 15 is 0 Å². The predicted octanol–water partition coefficient (Wildman–Crippen LogP) is 4.48. The summed E-state index contributed by atoms with van der Waals surface area (Å²) in [6.07, 6.45) is 0.824. The second-order valence-corrected chi connectivity index (χ2v) is 5.47. The molecule has 0 aliphatic heterocycles. The number of alkyl halides is 1. The van der Waals surface area contributed by atoms with Gasteiger partial charge in [-0.1, -0.05) is 38.8 Å². The zero-order chi connectivity index (χ0) is 12.4. The molecule has 2 aromatic rings. The summed E-state index contributed by atoms with van der Waals surface area (Å²) in [7, 11) is 0. The average Bonchev–Trinajstić information content (AvgIpc) is 2.77. The zero-order valence-corrected chi connectivity index (χ0v) is 12.1. The fraction of sp³-hybridized carbons (Fsp3) is 0.273. The third-order valence-corrected chi connectivity index (χ3v) is 3.76. The van der Waals surface area contributed by atoms with Gasteiger partial charge in [-0.05, 0) is 24.6 Å². The highest BCUT2D eigenvalue weighted by molar-refractivity contribution is 9.10. The van der Waals surface area contributed by atoms with Crippen LogP contribution in [0.3, 0.4) is 0 Å². The number of benzene rings is 1. The maximum absolute atomic E-state index is 13.7. The minimum atomic E-state index is -0.391. The standard InChI is InChI=1S/C11H9Br2FN2O/c1-2-8(13)11-16-15-10(17-11)7-4-3-6(12)5-9(7)14/h3-5,8H,2H2,1H3. The molecular formula is C11H9Br2FN2O. The minimum Gasteiger partial charge on any atom is -0.419 e. The Bertz CT molecular complexity index is 530. The van der Waals surface area contributed by atoms with Crippen molar-refractivity contribution in [3.8, 4) is 11.5 Å². The van der Waals surface area contributed by atoms with Crippen molar-refractivity contribution in [3.63, 3.8) is 0 Å². The summed E-state index contributed by atoms with van der Waals surface area (Å²) in [4.78, 5) is 0.00209. The molecule has 0 radical (unpaired) electrons. The van der Waals surface area contributed by atoms with Crippen LogP contribution in [0.25, 0.3) is 11.5 Å². The first kappa shape index (κ1) is 12.7. The lowest BCUT2D eigenvalue weighted by atomic mass is 10.2. The Morgan fingerprint density at radius 2 is 2.18 bits per heavy atom. The van der Waals surface area contributed by atoms with E-state index in [2.05, 4.69) is 42.1 Å². The molecule has 17 heavy (non-hydrogen) atoms. The quantitative estimate of drug-likeness (QED) is 0.754. The van der Waals surface area contributed by atoms with E-state index in [0.29, 0.717) is 15.9 Å². The molecule has 2 rings (SSSR count). The number of halogens is 3. The Labute approximate surface area is 115 Å². The molecule has 0 N–H and O–H groups in total. The summed E-state index contributed by atoms with van der Waals surface area (Å²) >= 11 is 6.60. The van der Waals surface area contributed by atoms with Crippen molar-refractivity contribution in [1.29, 1.82) is 0 Å². The molecule has 0 aliphatic rings. The molecule has 1 unspecified atom stereocenters. The van der Waals surface area contributed by atoms with E-state index in [1.54, 1.807) is 12.1 Å². The molecule has 1 atom stereocenters. The van der Waals surface area contributed by atoms with E-state index in [9.17, 15) is 4.39 Å².